The third kappa shape index (κ3) is 4.04. The Morgan fingerprint density at radius 1 is 0.966 bits per heavy atom. The van der Waals surface area contributed by atoms with E-state index in [9.17, 15) is 9.59 Å². The average Bonchev–Trinajstić information content (AvgIpc) is 3.08. The molecule has 29 heavy (non-hydrogen) atoms. The highest BCUT2D eigenvalue weighted by Gasteiger charge is 2.23. The SMILES string of the molecule is COC(=O)c1ccc(COc2ccc(C=C3C(=O)Nc4ccccc43)cc2)cc1. The number of carbonyl (C=O) groups is 2. The van der Waals surface area contributed by atoms with Crippen LogP contribution in [0.3, 0.4) is 0 Å². The van der Waals surface area contributed by atoms with Crippen LogP contribution in [0.15, 0.2) is 72.8 Å². The molecule has 0 fully saturated rings. The van der Waals surface area contributed by atoms with E-state index in [0.29, 0.717) is 17.7 Å². The van der Waals surface area contributed by atoms with Crippen molar-refractivity contribution in [2.75, 3.05) is 12.4 Å². The Morgan fingerprint density at radius 2 is 1.69 bits per heavy atom. The van der Waals surface area contributed by atoms with E-state index in [0.717, 1.165) is 28.1 Å². The summed E-state index contributed by atoms with van der Waals surface area (Å²) in [6.07, 6.45) is 1.87. The zero-order valence-corrected chi connectivity index (χ0v) is 15.8. The predicted octanol–water partition coefficient (Wildman–Crippen LogP) is 4.54. The van der Waals surface area contributed by atoms with E-state index in [1.165, 1.54) is 7.11 Å². The average molecular weight is 385 g/mol. The Kier molecular flexibility index (Phi) is 5.12. The van der Waals surface area contributed by atoms with Crippen LogP contribution in [0.4, 0.5) is 5.69 Å². The zero-order chi connectivity index (χ0) is 20.2. The number of esters is 1. The second-order valence-corrected chi connectivity index (χ2v) is 6.60. The van der Waals surface area contributed by atoms with Gasteiger partial charge in [-0.15, -0.1) is 0 Å². The Labute approximate surface area is 168 Å². The van der Waals surface area contributed by atoms with Crippen molar-refractivity contribution in [2.45, 2.75) is 6.61 Å². The van der Waals surface area contributed by atoms with Crippen molar-refractivity contribution in [3.8, 4) is 5.75 Å². The first-order valence-electron chi connectivity index (χ1n) is 9.16. The third-order valence-corrected chi connectivity index (χ3v) is 4.68. The van der Waals surface area contributed by atoms with E-state index in [-0.39, 0.29) is 11.9 Å². The normalized spacial score (nSPS) is 13.7. The zero-order valence-electron chi connectivity index (χ0n) is 15.8. The summed E-state index contributed by atoms with van der Waals surface area (Å²) >= 11 is 0. The minimum atomic E-state index is -0.360. The number of amides is 1. The number of fused-ring (bicyclic) bond motifs is 1. The van der Waals surface area contributed by atoms with Crippen LogP contribution in [-0.4, -0.2) is 19.0 Å². The largest absolute Gasteiger partial charge is 0.489 e. The van der Waals surface area contributed by atoms with Gasteiger partial charge in [0.15, 0.2) is 0 Å². The molecule has 0 bridgehead atoms. The van der Waals surface area contributed by atoms with Gasteiger partial charge in [0.1, 0.15) is 12.4 Å². The summed E-state index contributed by atoms with van der Waals surface area (Å²) < 4.78 is 10.5. The summed E-state index contributed by atoms with van der Waals surface area (Å²) in [7, 11) is 1.36. The summed E-state index contributed by atoms with van der Waals surface area (Å²) in [5.41, 5.74) is 4.77. The molecule has 144 valence electrons. The highest BCUT2D eigenvalue weighted by Crippen LogP contribution is 2.32. The van der Waals surface area contributed by atoms with Gasteiger partial charge in [-0.25, -0.2) is 4.79 Å². The molecule has 1 N–H and O–H groups in total. The minimum absolute atomic E-state index is 0.0954. The van der Waals surface area contributed by atoms with Gasteiger partial charge in [-0.2, -0.15) is 0 Å². The van der Waals surface area contributed by atoms with Gasteiger partial charge >= 0.3 is 5.97 Å². The molecule has 5 heteroatoms. The first-order chi connectivity index (χ1) is 14.1. The van der Waals surface area contributed by atoms with E-state index < -0.39 is 0 Å². The molecular weight excluding hydrogens is 366 g/mol. The molecule has 4 rings (SSSR count). The number of carbonyl (C=O) groups excluding carboxylic acids is 2. The molecule has 0 spiro atoms. The second kappa shape index (κ2) is 8.02. The van der Waals surface area contributed by atoms with E-state index in [1.54, 1.807) is 12.1 Å². The van der Waals surface area contributed by atoms with Crippen molar-refractivity contribution in [3.63, 3.8) is 0 Å². The standard InChI is InChI=1S/C24H19NO4/c1-28-24(27)18-10-6-17(7-11-18)15-29-19-12-8-16(9-13-19)14-21-20-4-2-3-5-22(20)25-23(21)26/h2-14H,15H2,1H3,(H,25,26). The van der Waals surface area contributed by atoms with Crippen LogP contribution in [0.1, 0.15) is 27.0 Å². The molecule has 1 amide bonds. The van der Waals surface area contributed by atoms with Gasteiger partial charge in [-0.3, -0.25) is 4.79 Å². The first-order valence-corrected chi connectivity index (χ1v) is 9.16. The van der Waals surface area contributed by atoms with Crippen LogP contribution in [0, 0.1) is 0 Å². The third-order valence-electron chi connectivity index (χ3n) is 4.68. The Hall–Kier alpha value is -3.86. The lowest BCUT2D eigenvalue weighted by molar-refractivity contribution is -0.110. The molecule has 1 aliphatic heterocycles. The molecule has 5 nitrogen and oxygen atoms in total. The van der Waals surface area contributed by atoms with Crippen molar-refractivity contribution in [1.82, 2.24) is 0 Å². The number of anilines is 1. The lowest BCUT2D eigenvalue weighted by Crippen LogP contribution is -2.03. The smallest absolute Gasteiger partial charge is 0.337 e. The maximum absolute atomic E-state index is 12.2. The number of methoxy groups -OCH3 is 1. The van der Waals surface area contributed by atoms with Crippen molar-refractivity contribution >= 4 is 29.2 Å². The van der Waals surface area contributed by atoms with Gasteiger partial charge in [-0.05, 0) is 47.5 Å². The molecule has 0 saturated heterocycles. The Morgan fingerprint density at radius 3 is 2.41 bits per heavy atom. The van der Waals surface area contributed by atoms with Gasteiger partial charge in [0.05, 0.1) is 12.7 Å². The number of nitrogens with one attached hydrogen (secondary N) is 1. The Bertz CT molecular complexity index is 1080. The number of ether oxygens (including phenoxy) is 2. The molecule has 0 radical (unpaired) electrons. The maximum atomic E-state index is 12.2. The molecule has 0 aliphatic carbocycles. The van der Waals surface area contributed by atoms with Crippen LogP contribution in [0.5, 0.6) is 5.75 Å². The quantitative estimate of drug-likeness (QED) is 0.517. The van der Waals surface area contributed by atoms with Crippen LogP contribution in [0.2, 0.25) is 0 Å². The van der Waals surface area contributed by atoms with Gasteiger partial charge in [0, 0.05) is 16.8 Å². The fourth-order valence-corrected chi connectivity index (χ4v) is 3.13. The summed E-state index contributed by atoms with van der Waals surface area (Å²) in [5, 5.41) is 2.87. The van der Waals surface area contributed by atoms with Crippen LogP contribution in [-0.2, 0) is 16.1 Å². The monoisotopic (exact) mass is 385 g/mol. The number of para-hydroxylation sites is 1. The van der Waals surface area contributed by atoms with Crippen LogP contribution >= 0.6 is 0 Å². The van der Waals surface area contributed by atoms with Crippen LogP contribution in [0.25, 0.3) is 11.6 Å². The molecule has 0 aromatic heterocycles. The van der Waals surface area contributed by atoms with Crippen molar-refractivity contribution in [2.24, 2.45) is 0 Å². The van der Waals surface area contributed by atoms with E-state index in [4.69, 9.17) is 9.47 Å². The summed E-state index contributed by atoms with van der Waals surface area (Å²) in [6, 6.07) is 22.3. The molecule has 0 atom stereocenters. The van der Waals surface area contributed by atoms with Gasteiger partial charge in [-0.1, -0.05) is 42.5 Å². The lowest BCUT2D eigenvalue weighted by atomic mass is 10.0. The Balaban J connectivity index is 1.42. The van der Waals surface area contributed by atoms with Gasteiger partial charge < -0.3 is 14.8 Å². The van der Waals surface area contributed by atoms with Crippen molar-refractivity contribution in [1.29, 1.82) is 0 Å². The summed E-state index contributed by atoms with van der Waals surface area (Å²) in [4.78, 5) is 23.7. The fraction of sp³-hybridized carbons (Fsp3) is 0.0833. The first kappa shape index (κ1) is 18.5. The lowest BCUT2D eigenvalue weighted by Gasteiger charge is -2.07. The van der Waals surface area contributed by atoms with Gasteiger partial charge in [0.25, 0.3) is 5.91 Å². The highest BCUT2D eigenvalue weighted by molar-refractivity contribution is 6.34. The second-order valence-electron chi connectivity index (χ2n) is 6.60. The summed E-state index contributed by atoms with van der Waals surface area (Å²) in [6.45, 7) is 0.387. The van der Waals surface area contributed by atoms with Crippen LogP contribution < -0.4 is 10.1 Å². The van der Waals surface area contributed by atoms with Crippen molar-refractivity contribution in [3.05, 3.63) is 95.1 Å². The fourth-order valence-electron chi connectivity index (χ4n) is 3.13. The number of hydrogen-bond acceptors (Lipinski definition) is 4. The van der Waals surface area contributed by atoms with E-state index in [2.05, 4.69) is 5.32 Å². The minimum Gasteiger partial charge on any atom is -0.489 e. The number of rotatable bonds is 5. The molecule has 1 heterocycles. The topological polar surface area (TPSA) is 64.6 Å². The van der Waals surface area contributed by atoms with Gasteiger partial charge in [0.2, 0.25) is 0 Å². The number of hydrogen-bond donors (Lipinski definition) is 1. The molecule has 3 aromatic carbocycles. The molecule has 1 aliphatic rings. The summed E-state index contributed by atoms with van der Waals surface area (Å²) in [5.74, 6) is 0.267. The maximum Gasteiger partial charge on any atom is 0.337 e. The molecular formula is C24H19NO4. The number of benzene rings is 3. The highest BCUT2D eigenvalue weighted by atomic mass is 16.5. The van der Waals surface area contributed by atoms with Crippen molar-refractivity contribution < 1.29 is 19.1 Å². The molecule has 3 aromatic rings. The predicted molar refractivity (Wildman–Crippen MR) is 111 cm³/mol. The van der Waals surface area contributed by atoms with E-state index in [1.807, 2.05) is 66.7 Å². The van der Waals surface area contributed by atoms with E-state index >= 15 is 0 Å². The molecule has 0 saturated carbocycles. The molecule has 0 unspecified atom stereocenters.